The molecule has 0 saturated carbocycles. The van der Waals surface area contributed by atoms with Gasteiger partial charge in [-0.25, -0.2) is 0 Å². The molecule has 28 heavy (non-hydrogen) atoms. The smallest absolute Gasteiger partial charge is 0.242 e. The number of nitrogens with one attached hydrogen (secondary N) is 1. The van der Waals surface area contributed by atoms with Crippen molar-refractivity contribution < 1.29 is 9.53 Å². The van der Waals surface area contributed by atoms with Gasteiger partial charge in [0, 0.05) is 19.8 Å². The summed E-state index contributed by atoms with van der Waals surface area (Å²) < 4.78 is 5.67. The van der Waals surface area contributed by atoms with Crippen molar-refractivity contribution in [3.05, 3.63) is 47.8 Å². The fourth-order valence-corrected chi connectivity index (χ4v) is 4.36. The van der Waals surface area contributed by atoms with E-state index >= 15 is 0 Å². The molecule has 0 aliphatic carbocycles. The van der Waals surface area contributed by atoms with E-state index in [1.54, 1.807) is 0 Å². The molecule has 1 amide bonds. The van der Waals surface area contributed by atoms with Crippen molar-refractivity contribution in [3.8, 4) is 16.9 Å². The lowest BCUT2D eigenvalue weighted by Gasteiger charge is -2.23. The number of carbonyl (C=O) groups excluding carboxylic acids is 1. The third-order valence-electron chi connectivity index (χ3n) is 5.91. The van der Waals surface area contributed by atoms with E-state index in [-0.39, 0.29) is 29.9 Å². The second-order valence-electron chi connectivity index (χ2n) is 7.67. The molecule has 4 rings (SSSR count). The molecule has 0 radical (unpaired) electrons. The maximum absolute atomic E-state index is 12.6. The lowest BCUT2D eigenvalue weighted by atomic mass is 9.96. The fraction of sp³-hybridized carbons (Fsp3) is 0.455. The van der Waals surface area contributed by atoms with E-state index in [0.29, 0.717) is 6.61 Å². The number of halogens is 1. The van der Waals surface area contributed by atoms with Crippen molar-refractivity contribution in [2.24, 2.45) is 0 Å². The van der Waals surface area contributed by atoms with Crippen molar-refractivity contribution in [3.63, 3.8) is 0 Å². The Hall–Kier alpha value is -2.11. The molecule has 0 bridgehead atoms. The van der Waals surface area contributed by atoms with Gasteiger partial charge in [0.25, 0.3) is 0 Å². The molecule has 150 valence electrons. The summed E-state index contributed by atoms with van der Waals surface area (Å²) in [5, 5.41) is 3.61. The zero-order chi connectivity index (χ0) is 19.0. The number of benzene rings is 1. The van der Waals surface area contributed by atoms with E-state index in [4.69, 9.17) is 4.74 Å². The molecule has 2 saturated heterocycles. The van der Waals surface area contributed by atoms with Gasteiger partial charge in [0.15, 0.2) is 0 Å². The standard InChI is InChI=1S/C22H27N3O2.ClH/c1-4-27-17-6-5-15(2)18(14-17)16-8-11-23-20(13-16)19-7-9-22(24-19)10-12-25(3)21(22)26;/h5-6,8,11,13-14,19,24H,4,7,9-10,12H2,1-3H3;1H/t19-,22+;/m1./s1. The van der Waals surface area contributed by atoms with Gasteiger partial charge in [0.05, 0.1) is 18.3 Å². The third-order valence-corrected chi connectivity index (χ3v) is 5.91. The Kier molecular flexibility index (Phi) is 5.96. The molecule has 2 aliphatic heterocycles. The molecule has 2 fully saturated rings. The maximum atomic E-state index is 12.6. The highest BCUT2D eigenvalue weighted by atomic mass is 35.5. The van der Waals surface area contributed by atoms with Crippen LogP contribution in [0.25, 0.3) is 11.1 Å². The molecule has 1 aromatic heterocycles. The number of amides is 1. The van der Waals surface area contributed by atoms with Gasteiger partial charge in [-0.3, -0.25) is 15.1 Å². The molecule has 2 aliphatic rings. The van der Waals surface area contributed by atoms with Crippen LogP contribution >= 0.6 is 12.4 Å². The number of nitrogens with zero attached hydrogens (tertiary/aromatic N) is 2. The maximum Gasteiger partial charge on any atom is 0.242 e. The summed E-state index contributed by atoms with van der Waals surface area (Å²) in [4.78, 5) is 19.0. The normalized spacial score (nSPS) is 23.9. The summed E-state index contributed by atoms with van der Waals surface area (Å²) in [5.41, 5.74) is 4.12. The third kappa shape index (κ3) is 3.61. The molecule has 1 N–H and O–H groups in total. The van der Waals surface area contributed by atoms with E-state index < -0.39 is 0 Å². The molecule has 5 nitrogen and oxygen atoms in total. The van der Waals surface area contributed by atoms with Crippen LogP contribution in [0.2, 0.25) is 0 Å². The van der Waals surface area contributed by atoms with Crippen molar-refractivity contribution in [2.75, 3.05) is 20.2 Å². The van der Waals surface area contributed by atoms with Crippen LogP contribution in [0.1, 0.15) is 43.5 Å². The highest BCUT2D eigenvalue weighted by molar-refractivity contribution is 5.88. The van der Waals surface area contributed by atoms with Crippen LogP contribution in [0.5, 0.6) is 5.75 Å². The van der Waals surface area contributed by atoms with Gasteiger partial charge in [-0.15, -0.1) is 12.4 Å². The van der Waals surface area contributed by atoms with Crippen molar-refractivity contribution in [1.29, 1.82) is 0 Å². The molecule has 1 spiro atoms. The predicted molar refractivity (Wildman–Crippen MR) is 113 cm³/mol. The minimum absolute atomic E-state index is 0. The lowest BCUT2D eigenvalue weighted by Crippen LogP contribution is -2.47. The Bertz CT molecular complexity index is 873. The van der Waals surface area contributed by atoms with E-state index in [0.717, 1.165) is 48.4 Å². The van der Waals surface area contributed by atoms with Crippen LogP contribution in [0.4, 0.5) is 0 Å². The van der Waals surface area contributed by atoms with Gasteiger partial charge < -0.3 is 9.64 Å². The van der Waals surface area contributed by atoms with Gasteiger partial charge in [-0.05, 0) is 74.1 Å². The topological polar surface area (TPSA) is 54.5 Å². The summed E-state index contributed by atoms with van der Waals surface area (Å²) >= 11 is 0. The fourth-order valence-electron chi connectivity index (χ4n) is 4.36. The number of likely N-dealkylation sites (tertiary alicyclic amines) is 1. The molecule has 1 aromatic carbocycles. The minimum Gasteiger partial charge on any atom is -0.494 e. The average molecular weight is 402 g/mol. The summed E-state index contributed by atoms with van der Waals surface area (Å²) in [6.07, 6.45) is 4.57. The van der Waals surface area contributed by atoms with Gasteiger partial charge in [-0.2, -0.15) is 0 Å². The highest BCUT2D eigenvalue weighted by Gasteiger charge is 2.50. The number of likely N-dealkylation sites (N-methyl/N-ethyl adjacent to an activating group) is 1. The second-order valence-corrected chi connectivity index (χ2v) is 7.67. The van der Waals surface area contributed by atoms with Crippen LogP contribution in [0.15, 0.2) is 36.5 Å². The van der Waals surface area contributed by atoms with Crippen LogP contribution in [-0.2, 0) is 4.79 Å². The summed E-state index contributed by atoms with van der Waals surface area (Å²) in [6.45, 7) is 5.59. The number of hydrogen-bond acceptors (Lipinski definition) is 4. The average Bonchev–Trinajstić information content (AvgIpc) is 3.24. The molecular weight excluding hydrogens is 374 g/mol. The van der Waals surface area contributed by atoms with E-state index in [1.807, 2.05) is 37.2 Å². The lowest BCUT2D eigenvalue weighted by molar-refractivity contribution is -0.131. The first-order valence-electron chi connectivity index (χ1n) is 9.75. The van der Waals surface area contributed by atoms with Gasteiger partial charge in [0.2, 0.25) is 5.91 Å². The summed E-state index contributed by atoms with van der Waals surface area (Å²) in [6, 6.07) is 10.5. The van der Waals surface area contributed by atoms with Crippen molar-refractivity contribution in [2.45, 2.75) is 44.7 Å². The number of ether oxygens (including phenoxy) is 1. The van der Waals surface area contributed by atoms with Crippen LogP contribution < -0.4 is 10.1 Å². The zero-order valence-corrected chi connectivity index (χ0v) is 17.5. The van der Waals surface area contributed by atoms with Gasteiger partial charge >= 0.3 is 0 Å². The Morgan fingerprint density at radius 1 is 1.29 bits per heavy atom. The van der Waals surface area contributed by atoms with E-state index in [9.17, 15) is 4.79 Å². The predicted octanol–water partition coefficient (Wildman–Crippen LogP) is 3.90. The first kappa shape index (κ1) is 20.6. The SMILES string of the molecule is CCOc1ccc(C)c(-c2ccnc([C@H]3CC[C@@]4(CCN(C)C4=O)N3)c2)c1.Cl. The summed E-state index contributed by atoms with van der Waals surface area (Å²) in [5.74, 6) is 1.11. The first-order chi connectivity index (χ1) is 13.0. The van der Waals surface area contributed by atoms with E-state index in [1.165, 1.54) is 5.56 Å². The first-order valence-corrected chi connectivity index (χ1v) is 9.75. The minimum atomic E-state index is -0.387. The Morgan fingerprint density at radius 2 is 2.11 bits per heavy atom. The number of aryl methyl sites for hydroxylation is 1. The number of rotatable bonds is 4. The van der Waals surface area contributed by atoms with Crippen molar-refractivity contribution in [1.82, 2.24) is 15.2 Å². The Morgan fingerprint density at radius 3 is 2.82 bits per heavy atom. The molecular formula is C22H28ClN3O2. The number of aromatic nitrogens is 1. The Labute approximate surface area is 172 Å². The van der Waals surface area contributed by atoms with Crippen molar-refractivity contribution >= 4 is 18.3 Å². The molecule has 0 unspecified atom stereocenters. The largest absolute Gasteiger partial charge is 0.494 e. The molecule has 3 heterocycles. The monoisotopic (exact) mass is 401 g/mol. The molecule has 2 aromatic rings. The van der Waals surface area contributed by atoms with E-state index in [2.05, 4.69) is 35.4 Å². The molecule has 6 heteroatoms. The second kappa shape index (κ2) is 8.10. The number of pyridine rings is 1. The van der Waals surface area contributed by atoms with Gasteiger partial charge in [0.1, 0.15) is 11.3 Å². The highest BCUT2D eigenvalue weighted by Crippen LogP contribution is 2.39. The number of carbonyl (C=O) groups is 1. The quantitative estimate of drug-likeness (QED) is 0.844. The van der Waals surface area contributed by atoms with Crippen LogP contribution in [0.3, 0.4) is 0 Å². The summed E-state index contributed by atoms with van der Waals surface area (Å²) in [7, 11) is 1.89. The van der Waals surface area contributed by atoms with Crippen LogP contribution in [-0.4, -0.2) is 41.5 Å². The van der Waals surface area contributed by atoms with Gasteiger partial charge in [-0.1, -0.05) is 6.07 Å². The van der Waals surface area contributed by atoms with Crippen LogP contribution in [0, 0.1) is 6.92 Å². The Balaban J connectivity index is 0.00000225. The number of hydrogen-bond donors (Lipinski definition) is 1. The zero-order valence-electron chi connectivity index (χ0n) is 16.7. The molecule has 2 atom stereocenters.